The van der Waals surface area contributed by atoms with Crippen molar-refractivity contribution in [2.75, 3.05) is 17.7 Å². The molecule has 0 radical (unpaired) electrons. The first-order chi connectivity index (χ1) is 7.47. The lowest BCUT2D eigenvalue weighted by molar-refractivity contribution is 0.211. The van der Waals surface area contributed by atoms with Crippen LogP contribution in [0.25, 0.3) is 0 Å². The molecule has 0 saturated carbocycles. The molecule has 0 aliphatic heterocycles. The maximum Gasteiger partial charge on any atom is 0.0847 e. The van der Waals surface area contributed by atoms with Crippen LogP contribution in [0, 0.1) is 0 Å². The molecule has 0 aliphatic carbocycles. The molecule has 1 aromatic carbocycles. The first kappa shape index (κ1) is 14.9. The number of alkyl halides is 1. The van der Waals surface area contributed by atoms with Crippen LogP contribution in [0.4, 0.5) is 5.69 Å². The summed E-state index contributed by atoms with van der Waals surface area (Å²) in [5.74, 6) is 0.169. The third-order valence-electron chi connectivity index (χ3n) is 1.81. The van der Waals surface area contributed by atoms with Crippen LogP contribution in [-0.4, -0.2) is 23.6 Å². The van der Waals surface area contributed by atoms with Crippen LogP contribution < -0.4 is 5.32 Å². The molecule has 1 atom stereocenters. The molecule has 2 nitrogen and oxygen atoms in total. The van der Waals surface area contributed by atoms with Crippen molar-refractivity contribution in [3.63, 3.8) is 0 Å². The predicted octanol–water partition coefficient (Wildman–Crippen LogP) is 4.53. The fourth-order valence-electron chi connectivity index (χ4n) is 0.984. The summed E-state index contributed by atoms with van der Waals surface area (Å²) in [6.07, 6.45) is -0.616. The standard InChI is InChI=1S/C9H8Br2Cl3NO/c10-7-5(13)1-6(8(11)9(7)14)15-3-4(16)2-12/h1,4,15-16H,2-3H2. The average Bonchev–Trinajstić information content (AvgIpc) is 2.28. The smallest absolute Gasteiger partial charge is 0.0847 e. The normalized spacial score (nSPS) is 12.6. The summed E-state index contributed by atoms with van der Waals surface area (Å²) in [4.78, 5) is 0. The van der Waals surface area contributed by atoms with Gasteiger partial charge in [0.15, 0.2) is 0 Å². The first-order valence-corrected chi connectivity index (χ1v) is 7.16. The van der Waals surface area contributed by atoms with Crippen molar-refractivity contribution >= 4 is 72.4 Å². The van der Waals surface area contributed by atoms with Gasteiger partial charge in [-0.05, 0) is 37.9 Å². The molecular weight excluding hydrogens is 404 g/mol. The summed E-state index contributed by atoms with van der Waals surface area (Å²) in [6.45, 7) is 0.330. The van der Waals surface area contributed by atoms with Crippen molar-refractivity contribution < 1.29 is 5.11 Å². The minimum absolute atomic E-state index is 0.169. The number of aliphatic hydroxyl groups excluding tert-OH is 1. The van der Waals surface area contributed by atoms with Gasteiger partial charge in [-0.3, -0.25) is 0 Å². The van der Waals surface area contributed by atoms with Gasteiger partial charge >= 0.3 is 0 Å². The van der Waals surface area contributed by atoms with E-state index in [1.165, 1.54) is 0 Å². The van der Waals surface area contributed by atoms with E-state index in [9.17, 15) is 5.11 Å². The van der Waals surface area contributed by atoms with E-state index in [0.717, 1.165) is 0 Å². The van der Waals surface area contributed by atoms with Gasteiger partial charge < -0.3 is 10.4 Å². The molecule has 0 aliphatic rings. The quantitative estimate of drug-likeness (QED) is 0.433. The Balaban J connectivity index is 2.89. The Morgan fingerprint density at radius 2 is 1.94 bits per heavy atom. The van der Waals surface area contributed by atoms with Gasteiger partial charge in [0, 0.05) is 6.54 Å². The van der Waals surface area contributed by atoms with E-state index < -0.39 is 6.10 Å². The third-order valence-corrected chi connectivity index (χ3v) is 5.17. The van der Waals surface area contributed by atoms with Gasteiger partial charge in [-0.25, -0.2) is 0 Å². The fourth-order valence-corrected chi connectivity index (χ4v) is 2.58. The van der Waals surface area contributed by atoms with E-state index in [1.807, 2.05) is 0 Å². The second-order valence-corrected chi connectivity index (χ2v) is 5.72. The second-order valence-electron chi connectivity index (χ2n) is 3.04. The van der Waals surface area contributed by atoms with Crippen molar-refractivity contribution in [1.29, 1.82) is 0 Å². The Bertz CT molecular complexity index is 390. The number of rotatable bonds is 4. The van der Waals surface area contributed by atoms with Gasteiger partial charge in [-0.15, -0.1) is 11.6 Å². The lowest BCUT2D eigenvalue weighted by Crippen LogP contribution is -2.20. The van der Waals surface area contributed by atoms with E-state index in [4.69, 9.17) is 34.8 Å². The number of nitrogens with one attached hydrogen (secondary N) is 1. The molecule has 2 N–H and O–H groups in total. The Morgan fingerprint density at radius 1 is 1.31 bits per heavy atom. The molecule has 0 fully saturated rings. The molecule has 90 valence electrons. The zero-order chi connectivity index (χ0) is 12.3. The van der Waals surface area contributed by atoms with Gasteiger partial charge in [0.05, 0.1) is 36.7 Å². The third kappa shape index (κ3) is 3.65. The van der Waals surface area contributed by atoms with Crippen LogP contribution >= 0.6 is 66.7 Å². The fraction of sp³-hybridized carbons (Fsp3) is 0.333. The monoisotopic (exact) mass is 409 g/mol. The zero-order valence-electron chi connectivity index (χ0n) is 7.91. The topological polar surface area (TPSA) is 32.3 Å². The molecule has 7 heteroatoms. The first-order valence-electron chi connectivity index (χ1n) is 4.28. The van der Waals surface area contributed by atoms with Crippen molar-refractivity contribution in [1.82, 2.24) is 0 Å². The van der Waals surface area contributed by atoms with Crippen LogP contribution in [0.5, 0.6) is 0 Å². The van der Waals surface area contributed by atoms with E-state index in [1.54, 1.807) is 6.07 Å². The predicted molar refractivity (Wildman–Crippen MR) is 77.1 cm³/mol. The molecule has 0 spiro atoms. The number of halogens is 5. The van der Waals surface area contributed by atoms with Gasteiger partial charge in [-0.2, -0.15) is 0 Å². The van der Waals surface area contributed by atoms with Gasteiger partial charge in [-0.1, -0.05) is 23.2 Å². The highest BCUT2D eigenvalue weighted by molar-refractivity contribution is 9.11. The highest BCUT2D eigenvalue weighted by Gasteiger charge is 2.13. The average molecular weight is 412 g/mol. The molecule has 1 aromatic rings. The van der Waals surface area contributed by atoms with E-state index in [0.29, 0.717) is 31.2 Å². The number of hydrogen-bond donors (Lipinski definition) is 2. The van der Waals surface area contributed by atoms with Gasteiger partial charge in [0.1, 0.15) is 0 Å². The van der Waals surface area contributed by atoms with Crippen LogP contribution in [0.1, 0.15) is 0 Å². The van der Waals surface area contributed by atoms with Crippen molar-refractivity contribution in [2.45, 2.75) is 6.10 Å². The largest absolute Gasteiger partial charge is 0.390 e. The van der Waals surface area contributed by atoms with Crippen molar-refractivity contribution in [3.8, 4) is 0 Å². The highest BCUT2D eigenvalue weighted by Crippen LogP contribution is 2.40. The number of anilines is 1. The molecule has 1 rings (SSSR count). The molecule has 0 heterocycles. The van der Waals surface area contributed by atoms with Crippen molar-refractivity contribution in [3.05, 3.63) is 25.1 Å². The SMILES string of the molecule is OC(CCl)CNc1cc(Cl)c(Br)c(Cl)c1Br. The Hall–Kier alpha value is 0.810. The summed E-state index contributed by atoms with van der Waals surface area (Å²) in [7, 11) is 0. The van der Waals surface area contributed by atoms with Crippen LogP contribution in [0.2, 0.25) is 10.0 Å². The summed E-state index contributed by atoms with van der Waals surface area (Å²) in [6, 6.07) is 1.71. The molecule has 16 heavy (non-hydrogen) atoms. The Kier molecular flexibility index (Phi) is 6.19. The number of hydrogen-bond acceptors (Lipinski definition) is 2. The number of aliphatic hydroxyl groups is 1. The minimum atomic E-state index is -0.616. The maximum atomic E-state index is 9.32. The molecule has 0 bridgehead atoms. The molecule has 1 unspecified atom stereocenters. The van der Waals surface area contributed by atoms with Gasteiger partial charge in [0.2, 0.25) is 0 Å². The molecular formula is C9H8Br2Cl3NO. The summed E-state index contributed by atoms with van der Waals surface area (Å²) < 4.78 is 1.32. The van der Waals surface area contributed by atoms with Crippen molar-refractivity contribution in [2.24, 2.45) is 0 Å². The zero-order valence-corrected chi connectivity index (χ0v) is 13.3. The Morgan fingerprint density at radius 3 is 2.50 bits per heavy atom. The summed E-state index contributed by atoms with van der Waals surface area (Å²) >= 11 is 24.1. The lowest BCUT2D eigenvalue weighted by atomic mass is 10.3. The van der Waals surface area contributed by atoms with Crippen LogP contribution in [-0.2, 0) is 0 Å². The van der Waals surface area contributed by atoms with E-state index in [2.05, 4.69) is 37.2 Å². The molecule has 0 saturated heterocycles. The Labute approximate surface area is 126 Å². The lowest BCUT2D eigenvalue weighted by Gasteiger charge is -2.14. The van der Waals surface area contributed by atoms with Gasteiger partial charge in [0.25, 0.3) is 0 Å². The second kappa shape index (κ2) is 6.66. The summed E-state index contributed by atoms with van der Waals surface area (Å²) in [5.41, 5.74) is 0.711. The molecule has 0 aromatic heterocycles. The highest BCUT2D eigenvalue weighted by atomic mass is 79.9. The molecule has 0 amide bonds. The summed E-state index contributed by atoms with van der Waals surface area (Å²) in [5, 5.41) is 13.3. The van der Waals surface area contributed by atoms with Crippen LogP contribution in [0.15, 0.2) is 15.0 Å². The van der Waals surface area contributed by atoms with E-state index in [-0.39, 0.29) is 5.88 Å². The number of benzene rings is 1. The van der Waals surface area contributed by atoms with E-state index >= 15 is 0 Å². The minimum Gasteiger partial charge on any atom is -0.390 e. The van der Waals surface area contributed by atoms with Crippen LogP contribution in [0.3, 0.4) is 0 Å². The maximum absolute atomic E-state index is 9.32.